The predicted octanol–water partition coefficient (Wildman–Crippen LogP) is 1.84. The lowest BCUT2D eigenvalue weighted by molar-refractivity contribution is -0.138. The Morgan fingerprint density at radius 2 is 2.13 bits per heavy atom. The molecular weight excluding hydrogens is 210 g/mol. The van der Waals surface area contributed by atoms with Gasteiger partial charge >= 0.3 is 5.97 Å². The van der Waals surface area contributed by atoms with Crippen LogP contribution in [0.2, 0.25) is 0 Å². The average molecular weight is 231 g/mol. The second-order valence-corrected chi connectivity index (χ2v) is 5.40. The maximum atomic E-state index is 11.2. The number of esters is 1. The molecule has 0 heterocycles. The Kier molecular flexibility index (Phi) is 6.68. The lowest BCUT2D eigenvalue weighted by Crippen LogP contribution is -2.34. The van der Waals surface area contributed by atoms with Gasteiger partial charge in [-0.2, -0.15) is 11.8 Å². The van der Waals surface area contributed by atoms with Crippen LogP contribution >= 0.6 is 11.8 Å². The Morgan fingerprint density at radius 3 is 2.60 bits per heavy atom. The number of ether oxygens (including phenoxy) is 1. The fourth-order valence-electron chi connectivity index (χ4n) is 0.892. The zero-order valence-corrected chi connectivity index (χ0v) is 10.9. The van der Waals surface area contributed by atoms with Crippen molar-refractivity contribution in [3.8, 4) is 0 Å². The van der Waals surface area contributed by atoms with E-state index in [0.717, 1.165) is 6.54 Å². The Hall–Kier alpha value is -0.480. The molecule has 0 radical (unpaired) electrons. The Morgan fingerprint density at radius 1 is 1.53 bits per heavy atom. The van der Waals surface area contributed by atoms with Crippen molar-refractivity contribution in [2.45, 2.75) is 25.5 Å². The number of nitrogens with one attached hydrogen (secondary N) is 1. The van der Waals surface area contributed by atoms with Gasteiger partial charge in [0.15, 0.2) is 0 Å². The summed E-state index contributed by atoms with van der Waals surface area (Å²) in [5, 5.41) is 3.19. The third kappa shape index (κ3) is 6.57. The van der Waals surface area contributed by atoms with Crippen molar-refractivity contribution in [3.63, 3.8) is 0 Å². The highest BCUT2D eigenvalue weighted by molar-refractivity contribution is 7.99. The van der Waals surface area contributed by atoms with Crippen molar-refractivity contribution in [3.05, 3.63) is 12.2 Å². The molecule has 0 aliphatic rings. The number of rotatable bonds is 7. The number of thioether (sulfide) groups is 1. The summed E-state index contributed by atoms with van der Waals surface area (Å²) in [5.41, 5.74) is 0.480. The number of hydrogen-bond donors (Lipinski definition) is 1. The van der Waals surface area contributed by atoms with Crippen LogP contribution in [0.3, 0.4) is 0 Å². The van der Waals surface area contributed by atoms with Gasteiger partial charge in [0.2, 0.25) is 0 Å². The summed E-state index contributed by atoms with van der Waals surface area (Å²) in [6, 6.07) is 0. The van der Waals surface area contributed by atoms with Gasteiger partial charge in [-0.25, -0.2) is 4.79 Å². The summed E-state index contributed by atoms with van der Waals surface area (Å²) in [6.07, 6.45) is 2.07. The molecule has 0 spiro atoms. The number of carbonyl (C=O) groups is 1. The van der Waals surface area contributed by atoms with Gasteiger partial charge in [0.05, 0.1) is 6.61 Å². The van der Waals surface area contributed by atoms with E-state index in [1.165, 1.54) is 0 Å². The summed E-state index contributed by atoms with van der Waals surface area (Å²) in [7, 11) is 0. The second-order valence-electron chi connectivity index (χ2n) is 3.89. The Labute approximate surface area is 96.6 Å². The van der Waals surface area contributed by atoms with Gasteiger partial charge in [-0.1, -0.05) is 6.58 Å². The molecule has 88 valence electrons. The van der Waals surface area contributed by atoms with Gasteiger partial charge in [0.1, 0.15) is 0 Å². The highest BCUT2D eigenvalue weighted by Crippen LogP contribution is 2.19. The van der Waals surface area contributed by atoms with E-state index >= 15 is 0 Å². The molecule has 0 aliphatic heterocycles. The molecule has 0 amide bonds. The van der Waals surface area contributed by atoms with Crippen molar-refractivity contribution in [2.24, 2.45) is 0 Å². The highest BCUT2D eigenvalue weighted by atomic mass is 32.2. The average Bonchev–Trinajstić information content (AvgIpc) is 2.18. The molecule has 0 aliphatic carbocycles. The van der Waals surface area contributed by atoms with Gasteiger partial charge in [-0.05, 0) is 27.0 Å². The first-order valence-corrected chi connectivity index (χ1v) is 6.26. The van der Waals surface area contributed by atoms with Crippen LogP contribution in [0, 0.1) is 0 Å². The minimum Gasteiger partial charge on any atom is -0.463 e. The van der Waals surface area contributed by atoms with E-state index in [9.17, 15) is 4.79 Å². The summed E-state index contributed by atoms with van der Waals surface area (Å²) in [4.78, 5) is 11.2. The molecule has 0 aromatic carbocycles. The smallest absolute Gasteiger partial charge is 0.334 e. The molecule has 3 nitrogen and oxygen atoms in total. The molecule has 0 bridgehead atoms. The Balaban J connectivity index is 3.77. The third-order valence-corrected chi connectivity index (χ3v) is 3.26. The van der Waals surface area contributed by atoms with Gasteiger partial charge in [-0.15, -0.1) is 0 Å². The summed E-state index contributed by atoms with van der Waals surface area (Å²) >= 11 is 1.79. The molecule has 0 aromatic rings. The first-order valence-electron chi connectivity index (χ1n) is 5.03. The van der Waals surface area contributed by atoms with E-state index < -0.39 is 0 Å². The van der Waals surface area contributed by atoms with Crippen LogP contribution in [0.25, 0.3) is 0 Å². The lowest BCUT2D eigenvalue weighted by Gasteiger charge is -2.22. The van der Waals surface area contributed by atoms with Crippen LogP contribution in [0.1, 0.15) is 20.8 Å². The Bertz CT molecular complexity index is 227. The first-order chi connectivity index (χ1) is 6.93. The van der Waals surface area contributed by atoms with E-state index in [1.54, 1.807) is 18.7 Å². The van der Waals surface area contributed by atoms with Gasteiger partial charge in [0.25, 0.3) is 0 Å². The van der Waals surface area contributed by atoms with E-state index in [1.807, 2.05) is 0 Å². The molecule has 0 rings (SSSR count). The normalized spacial score (nSPS) is 11.2. The number of carbonyl (C=O) groups excluding carboxylic acids is 1. The fourth-order valence-corrected chi connectivity index (χ4v) is 1.14. The van der Waals surface area contributed by atoms with Crippen molar-refractivity contribution < 1.29 is 9.53 Å². The summed E-state index contributed by atoms with van der Waals surface area (Å²) in [6.45, 7) is 11.5. The molecule has 0 fully saturated rings. The largest absolute Gasteiger partial charge is 0.463 e. The maximum absolute atomic E-state index is 11.2. The molecule has 0 unspecified atom stereocenters. The molecule has 4 heteroatoms. The predicted molar refractivity (Wildman–Crippen MR) is 66.2 cm³/mol. The van der Waals surface area contributed by atoms with Crippen molar-refractivity contribution >= 4 is 17.7 Å². The van der Waals surface area contributed by atoms with E-state index in [4.69, 9.17) is 4.74 Å². The second kappa shape index (κ2) is 6.90. The maximum Gasteiger partial charge on any atom is 0.334 e. The zero-order chi connectivity index (χ0) is 11.9. The number of hydrogen-bond acceptors (Lipinski definition) is 4. The molecule has 0 aromatic heterocycles. The minimum absolute atomic E-state index is 0.176. The highest BCUT2D eigenvalue weighted by Gasteiger charge is 2.15. The van der Waals surface area contributed by atoms with Crippen LogP contribution in [-0.4, -0.2) is 36.7 Å². The third-order valence-electron chi connectivity index (χ3n) is 2.01. The van der Waals surface area contributed by atoms with Crippen molar-refractivity contribution in [1.29, 1.82) is 0 Å². The van der Waals surface area contributed by atoms with E-state index in [2.05, 4.69) is 32.0 Å². The minimum atomic E-state index is -0.313. The van der Waals surface area contributed by atoms with Crippen molar-refractivity contribution in [2.75, 3.05) is 26.0 Å². The van der Waals surface area contributed by atoms with E-state index in [0.29, 0.717) is 18.7 Å². The summed E-state index contributed by atoms with van der Waals surface area (Å²) in [5.74, 6) is -0.313. The first kappa shape index (κ1) is 14.5. The van der Waals surface area contributed by atoms with Crippen LogP contribution in [0.5, 0.6) is 0 Å². The SMILES string of the molecule is C=C(CNCC(C)(C)SC)C(=O)OCC. The summed E-state index contributed by atoms with van der Waals surface area (Å²) < 4.78 is 5.00. The van der Waals surface area contributed by atoms with Crippen LogP contribution in [0.15, 0.2) is 12.2 Å². The van der Waals surface area contributed by atoms with Crippen LogP contribution < -0.4 is 5.32 Å². The lowest BCUT2D eigenvalue weighted by atomic mass is 10.2. The molecule has 0 atom stereocenters. The van der Waals surface area contributed by atoms with E-state index in [-0.39, 0.29) is 10.7 Å². The van der Waals surface area contributed by atoms with Gasteiger partial charge < -0.3 is 10.1 Å². The van der Waals surface area contributed by atoms with Crippen LogP contribution in [0.4, 0.5) is 0 Å². The quantitative estimate of drug-likeness (QED) is 0.536. The standard InChI is InChI=1S/C11H21NO2S/c1-6-14-10(13)9(2)7-12-8-11(3,4)15-5/h12H,2,6-8H2,1,3-5H3. The molecule has 0 saturated carbocycles. The van der Waals surface area contributed by atoms with Crippen LogP contribution in [-0.2, 0) is 9.53 Å². The van der Waals surface area contributed by atoms with Crippen molar-refractivity contribution in [1.82, 2.24) is 5.32 Å². The van der Waals surface area contributed by atoms with Gasteiger partial charge in [-0.3, -0.25) is 0 Å². The monoisotopic (exact) mass is 231 g/mol. The molecule has 1 N–H and O–H groups in total. The van der Waals surface area contributed by atoms with Gasteiger partial charge in [0, 0.05) is 23.4 Å². The molecule has 0 saturated heterocycles. The molecular formula is C11H21NO2S. The zero-order valence-electron chi connectivity index (χ0n) is 10.1. The fraction of sp³-hybridized carbons (Fsp3) is 0.727. The topological polar surface area (TPSA) is 38.3 Å². The molecule has 15 heavy (non-hydrogen) atoms.